The van der Waals surface area contributed by atoms with Crippen molar-refractivity contribution >= 4 is 21.9 Å². The average molecular weight is 350 g/mol. The largest absolute Gasteiger partial charge is 0.492 e. The lowest BCUT2D eigenvalue weighted by atomic mass is 10.2. The molecule has 0 fully saturated rings. The van der Waals surface area contributed by atoms with E-state index >= 15 is 0 Å². The van der Waals surface area contributed by atoms with Crippen molar-refractivity contribution in [2.24, 2.45) is 0 Å². The van der Waals surface area contributed by atoms with Gasteiger partial charge >= 0.3 is 5.97 Å². The molecule has 1 aromatic carbocycles. The molecule has 0 spiro atoms. The van der Waals surface area contributed by atoms with E-state index in [1.807, 2.05) is 4.72 Å². The van der Waals surface area contributed by atoms with Gasteiger partial charge in [0.1, 0.15) is 23.8 Å². The molecule has 1 amide bonds. The van der Waals surface area contributed by atoms with Crippen LogP contribution in [0.5, 0.6) is 5.75 Å². The minimum atomic E-state index is -3.89. The highest BCUT2D eigenvalue weighted by molar-refractivity contribution is 7.90. The number of carboxylic acids is 1. The maximum atomic E-state index is 11.9. The topological polar surface area (TPSA) is 123 Å². The molecule has 24 heavy (non-hydrogen) atoms. The zero-order chi connectivity index (χ0) is 17.6. The zero-order valence-electron chi connectivity index (χ0n) is 12.4. The highest BCUT2D eigenvalue weighted by Gasteiger charge is 2.17. The Balaban J connectivity index is 1.90. The van der Waals surface area contributed by atoms with Gasteiger partial charge in [0.2, 0.25) is 10.0 Å². The second kappa shape index (κ2) is 7.55. The van der Waals surface area contributed by atoms with Gasteiger partial charge in [-0.3, -0.25) is 4.79 Å². The molecule has 9 heteroatoms. The summed E-state index contributed by atoms with van der Waals surface area (Å²) in [5.41, 5.74) is -0.307. The minimum absolute atomic E-state index is 0.0625. The number of benzene rings is 1. The van der Waals surface area contributed by atoms with Crippen molar-refractivity contribution in [2.75, 3.05) is 12.4 Å². The van der Waals surface area contributed by atoms with Crippen molar-refractivity contribution in [1.82, 2.24) is 9.71 Å². The van der Waals surface area contributed by atoms with Crippen LogP contribution in [0.2, 0.25) is 0 Å². The number of rotatable bonds is 7. The van der Waals surface area contributed by atoms with Gasteiger partial charge < -0.3 is 9.84 Å². The first kappa shape index (κ1) is 17.4. The van der Waals surface area contributed by atoms with E-state index in [1.165, 1.54) is 6.07 Å². The van der Waals surface area contributed by atoms with Crippen LogP contribution in [-0.4, -0.2) is 42.7 Å². The molecule has 1 aromatic heterocycles. The second-order valence-electron chi connectivity index (χ2n) is 4.65. The van der Waals surface area contributed by atoms with Crippen molar-refractivity contribution in [3.8, 4) is 5.75 Å². The molecule has 0 aliphatic carbocycles. The van der Waals surface area contributed by atoms with Crippen molar-refractivity contribution in [1.29, 1.82) is 0 Å². The summed E-state index contributed by atoms with van der Waals surface area (Å²) in [7, 11) is -3.89. The molecule has 0 atom stereocenters. The molecule has 0 aliphatic rings. The lowest BCUT2D eigenvalue weighted by Gasteiger charge is -2.08. The third kappa shape index (κ3) is 5.06. The summed E-state index contributed by atoms with van der Waals surface area (Å²) in [5.74, 6) is -2.02. The quantitative estimate of drug-likeness (QED) is 0.761. The van der Waals surface area contributed by atoms with Gasteiger partial charge in [0.25, 0.3) is 5.91 Å². The number of para-hydroxylation sites is 1. The van der Waals surface area contributed by atoms with Gasteiger partial charge in [-0.1, -0.05) is 18.2 Å². The summed E-state index contributed by atoms with van der Waals surface area (Å²) >= 11 is 0. The first-order chi connectivity index (χ1) is 11.4. The van der Waals surface area contributed by atoms with Gasteiger partial charge in [0.05, 0.1) is 5.56 Å². The number of amides is 1. The van der Waals surface area contributed by atoms with Crippen molar-refractivity contribution in [2.45, 2.75) is 0 Å². The number of ether oxygens (including phenoxy) is 1. The Morgan fingerprint density at radius 3 is 2.42 bits per heavy atom. The summed E-state index contributed by atoms with van der Waals surface area (Å²) in [5, 5.41) is 8.72. The number of hydrogen-bond acceptors (Lipinski definition) is 6. The van der Waals surface area contributed by atoms with Crippen molar-refractivity contribution in [3.05, 3.63) is 59.9 Å². The Bertz CT molecular complexity index is 819. The fraction of sp³-hybridized carbons (Fsp3) is 0.133. The molecule has 0 unspecified atom stereocenters. The Kier molecular flexibility index (Phi) is 5.48. The number of pyridine rings is 1. The van der Waals surface area contributed by atoms with Crippen LogP contribution >= 0.6 is 0 Å². The van der Waals surface area contributed by atoms with Gasteiger partial charge in [0, 0.05) is 6.20 Å². The van der Waals surface area contributed by atoms with E-state index in [9.17, 15) is 18.0 Å². The first-order valence-corrected chi connectivity index (χ1v) is 8.44. The standard InChI is InChI=1S/C15H14N2O6S/c18-14(11-6-7-13(15(19)20)16-10-11)17-24(21,22)9-8-23-12-4-2-1-3-5-12/h1-7,10H,8-9H2,(H,17,18)(H,19,20). The summed E-state index contributed by atoms with van der Waals surface area (Å²) < 4.78 is 30.8. The summed E-state index contributed by atoms with van der Waals surface area (Å²) in [4.78, 5) is 26.1. The average Bonchev–Trinajstić information content (AvgIpc) is 2.55. The molecule has 0 bridgehead atoms. The van der Waals surface area contributed by atoms with E-state index in [0.29, 0.717) is 5.75 Å². The third-order valence-electron chi connectivity index (χ3n) is 2.86. The normalized spacial score (nSPS) is 10.8. The highest BCUT2D eigenvalue weighted by atomic mass is 32.2. The molecule has 0 saturated carbocycles. The highest BCUT2D eigenvalue weighted by Crippen LogP contribution is 2.08. The first-order valence-electron chi connectivity index (χ1n) is 6.79. The monoisotopic (exact) mass is 350 g/mol. The van der Waals surface area contributed by atoms with Gasteiger partial charge in [-0.05, 0) is 24.3 Å². The fourth-order valence-electron chi connectivity index (χ4n) is 1.69. The lowest BCUT2D eigenvalue weighted by Crippen LogP contribution is -2.34. The predicted molar refractivity (Wildman–Crippen MR) is 84.4 cm³/mol. The van der Waals surface area contributed by atoms with Crippen LogP contribution in [-0.2, 0) is 10.0 Å². The Labute approximate surface area is 138 Å². The molecular weight excluding hydrogens is 336 g/mol. The number of nitrogens with one attached hydrogen (secondary N) is 1. The van der Waals surface area contributed by atoms with Crippen molar-refractivity contribution in [3.63, 3.8) is 0 Å². The maximum absolute atomic E-state index is 11.9. The summed E-state index contributed by atoms with van der Waals surface area (Å²) in [6.07, 6.45) is 0.995. The van der Waals surface area contributed by atoms with Gasteiger partial charge in [-0.2, -0.15) is 0 Å². The van der Waals surface area contributed by atoms with E-state index in [2.05, 4.69) is 4.98 Å². The molecule has 2 aromatic rings. The van der Waals surface area contributed by atoms with Crippen molar-refractivity contribution < 1.29 is 27.9 Å². The van der Waals surface area contributed by atoms with E-state index < -0.39 is 27.7 Å². The Morgan fingerprint density at radius 2 is 1.83 bits per heavy atom. The van der Waals surface area contributed by atoms with Gasteiger partial charge in [-0.25, -0.2) is 22.9 Å². The molecular formula is C15H14N2O6S. The predicted octanol–water partition coefficient (Wildman–Crippen LogP) is 0.918. The molecule has 0 saturated heterocycles. The summed E-state index contributed by atoms with van der Waals surface area (Å²) in [6, 6.07) is 11.0. The molecule has 0 radical (unpaired) electrons. The summed E-state index contributed by atoms with van der Waals surface area (Å²) in [6.45, 7) is -0.122. The molecule has 8 nitrogen and oxygen atoms in total. The number of aromatic nitrogens is 1. The van der Waals surface area contributed by atoms with Gasteiger partial charge in [0.15, 0.2) is 0 Å². The van der Waals surface area contributed by atoms with Crippen LogP contribution in [0.4, 0.5) is 0 Å². The van der Waals surface area contributed by atoms with Crippen LogP contribution in [0.25, 0.3) is 0 Å². The number of carbonyl (C=O) groups is 2. The van der Waals surface area contributed by atoms with E-state index in [1.54, 1.807) is 30.3 Å². The Morgan fingerprint density at radius 1 is 1.12 bits per heavy atom. The zero-order valence-corrected chi connectivity index (χ0v) is 13.2. The van der Waals surface area contributed by atoms with Crippen LogP contribution in [0.15, 0.2) is 48.7 Å². The second-order valence-corrected chi connectivity index (χ2v) is 6.49. The van der Waals surface area contributed by atoms with E-state index in [0.717, 1.165) is 12.3 Å². The number of aromatic carboxylic acids is 1. The number of nitrogens with zero attached hydrogens (tertiary/aromatic N) is 1. The van der Waals surface area contributed by atoms with Crippen LogP contribution < -0.4 is 9.46 Å². The van der Waals surface area contributed by atoms with Crippen LogP contribution in [0.1, 0.15) is 20.8 Å². The smallest absolute Gasteiger partial charge is 0.354 e. The molecule has 0 aliphatic heterocycles. The lowest BCUT2D eigenvalue weighted by molar-refractivity contribution is 0.0689. The number of hydrogen-bond donors (Lipinski definition) is 2. The molecule has 126 valence electrons. The Hall–Kier alpha value is -2.94. The van der Waals surface area contributed by atoms with Crippen LogP contribution in [0, 0.1) is 0 Å². The SMILES string of the molecule is O=C(NS(=O)(=O)CCOc1ccccc1)c1ccc(C(=O)O)nc1. The fourth-order valence-corrected chi connectivity index (χ4v) is 2.50. The van der Waals surface area contributed by atoms with E-state index in [4.69, 9.17) is 9.84 Å². The van der Waals surface area contributed by atoms with Gasteiger partial charge in [-0.15, -0.1) is 0 Å². The molecule has 1 heterocycles. The third-order valence-corrected chi connectivity index (χ3v) is 4.06. The van der Waals surface area contributed by atoms with Crippen LogP contribution in [0.3, 0.4) is 0 Å². The van der Waals surface area contributed by atoms with E-state index in [-0.39, 0.29) is 17.9 Å². The number of carbonyl (C=O) groups excluding carboxylic acids is 1. The minimum Gasteiger partial charge on any atom is -0.492 e. The number of sulfonamides is 1. The maximum Gasteiger partial charge on any atom is 0.354 e. The molecule has 2 rings (SSSR count). The molecule has 2 N–H and O–H groups in total. The number of carboxylic acid groups (broad SMARTS) is 1.